The fourth-order valence-corrected chi connectivity index (χ4v) is 1.01. The van der Waals surface area contributed by atoms with E-state index in [9.17, 15) is 4.57 Å². The van der Waals surface area contributed by atoms with Crippen molar-refractivity contribution >= 4 is 7.60 Å². The molecular weight excluding hydrogens is 151 g/mol. The normalized spacial score (nSPS) is 14.3. The van der Waals surface area contributed by atoms with Crippen LogP contribution in [0, 0.1) is 5.92 Å². The molecule has 0 amide bonds. The fraction of sp³-hybridized carbons (Fsp3) is 1.00. The van der Waals surface area contributed by atoms with Gasteiger partial charge in [0.2, 0.25) is 0 Å². The Morgan fingerprint density at radius 1 is 1.30 bits per heavy atom. The Morgan fingerprint density at radius 2 is 1.60 bits per heavy atom. The molecule has 0 aromatic rings. The Hall–Kier alpha value is 0.150. The van der Waals surface area contributed by atoms with Crippen molar-refractivity contribution in [3.8, 4) is 0 Å². The van der Waals surface area contributed by atoms with Gasteiger partial charge in [-0.3, -0.25) is 4.57 Å². The SMILES string of the molecule is CC(C)C(C)(C)P(=O)(O)O. The zero-order valence-corrected chi connectivity index (χ0v) is 7.72. The van der Waals surface area contributed by atoms with Crippen molar-refractivity contribution in [1.82, 2.24) is 0 Å². The monoisotopic (exact) mass is 166 g/mol. The van der Waals surface area contributed by atoms with E-state index >= 15 is 0 Å². The van der Waals surface area contributed by atoms with Crippen LogP contribution < -0.4 is 0 Å². The first-order valence-corrected chi connectivity index (χ1v) is 4.86. The van der Waals surface area contributed by atoms with Gasteiger partial charge in [-0.2, -0.15) is 0 Å². The molecule has 0 aliphatic carbocycles. The van der Waals surface area contributed by atoms with Gasteiger partial charge < -0.3 is 9.79 Å². The molecule has 62 valence electrons. The quantitative estimate of drug-likeness (QED) is 0.612. The van der Waals surface area contributed by atoms with Crippen LogP contribution in [0.2, 0.25) is 0 Å². The third kappa shape index (κ3) is 1.82. The van der Waals surface area contributed by atoms with Crippen LogP contribution in [-0.4, -0.2) is 14.9 Å². The van der Waals surface area contributed by atoms with E-state index in [4.69, 9.17) is 9.79 Å². The van der Waals surface area contributed by atoms with E-state index in [1.807, 2.05) is 0 Å². The second kappa shape index (κ2) is 2.65. The summed E-state index contributed by atoms with van der Waals surface area (Å²) in [6.07, 6.45) is 0. The minimum absolute atomic E-state index is 0.00617. The molecule has 0 saturated heterocycles. The van der Waals surface area contributed by atoms with Crippen molar-refractivity contribution in [2.75, 3.05) is 0 Å². The van der Waals surface area contributed by atoms with Gasteiger partial charge in [0.15, 0.2) is 0 Å². The summed E-state index contributed by atoms with van der Waals surface area (Å²) >= 11 is 0. The summed E-state index contributed by atoms with van der Waals surface area (Å²) in [5.74, 6) is -0.00617. The van der Waals surface area contributed by atoms with Crippen LogP contribution in [0.15, 0.2) is 0 Å². The molecule has 0 rings (SSSR count). The molecule has 0 heterocycles. The second-order valence-corrected chi connectivity index (χ2v) is 5.59. The Kier molecular flexibility index (Phi) is 2.69. The molecule has 0 aromatic carbocycles. The molecule has 0 radical (unpaired) electrons. The van der Waals surface area contributed by atoms with Gasteiger partial charge in [0.25, 0.3) is 0 Å². The van der Waals surface area contributed by atoms with Crippen molar-refractivity contribution in [3.05, 3.63) is 0 Å². The molecule has 0 spiro atoms. The smallest absolute Gasteiger partial charge is 0.324 e. The topological polar surface area (TPSA) is 57.5 Å². The number of rotatable bonds is 2. The molecule has 3 nitrogen and oxygen atoms in total. The molecule has 0 atom stereocenters. The van der Waals surface area contributed by atoms with Crippen LogP contribution >= 0.6 is 7.60 Å². The summed E-state index contributed by atoms with van der Waals surface area (Å²) in [4.78, 5) is 17.7. The molecule has 0 bridgehead atoms. The van der Waals surface area contributed by atoms with Crippen LogP contribution in [0.3, 0.4) is 0 Å². The first kappa shape index (κ1) is 10.2. The highest BCUT2D eigenvalue weighted by atomic mass is 31.2. The summed E-state index contributed by atoms with van der Waals surface area (Å²) in [5.41, 5.74) is 0. The van der Waals surface area contributed by atoms with E-state index in [-0.39, 0.29) is 5.92 Å². The highest BCUT2D eigenvalue weighted by molar-refractivity contribution is 7.53. The fourth-order valence-electron chi connectivity index (χ4n) is 0.336. The van der Waals surface area contributed by atoms with Crippen LogP contribution in [0.5, 0.6) is 0 Å². The van der Waals surface area contributed by atoms with Crippen molar-refractivity contribution in [2.24, 2.45) is 5.92 Å². The van der Waals surface area contributed by atoms with Gasteiger partial charge in [-0.15, -0.1) is 0 Å². The molecule has 0 saturated carbocycles. The zero-order chi connectivity index (χ0) is 8.58. The van der Waals surface area contributed by atoms with Crippen LogP contribution in [-0.2, 0) is 4.57 Å². The Labute approximate surface area is 61.6 Å². The summed E-state index contributed by atoms with van der Waals surface area (Å²) in [7, 11) is -3.92. The Bertz CT molecular complexity index is 156. The third-order valence-electron chi connectivity index (χ3n) is 2.16. The molecule has 0 aliphatic rings. The summed E-state index contributed by atoms with van der Waals surface area (Å²) in [6, 6.07) is 0. The standard InChI is InChI=1S/C6H15O3P/c1-5(2)6(3,4)10(7,8)9/h5H,1-4H3,(H2,7,8,9). The van der Waals surface area contributed by atoms with Gasteiger partial charge in [0, 0.05) is 0 Å². The maximum atomic E-state index is 10.8. The highest BCUT2D eigenvalue weighted by Gasteiger charge is 2.40. The molecule has 10 heavy (non-hydrogen) atoms. The predicted molar refractivity (Wildman–Crippen MR) is 41.0 cm³/mol. The van der Waals surface area contributed by atoms with Crippen molar-refractivity contribution in [2.45, 2.75) is 32.9 Å². The predicted octanol–water partition coefficient (Wildman–Crippen LogP) is 1.60. The number of hydrogen-bond acceptors (Lipinski definition) is 1. The van der Waals surface area contributed by atoms with Crippen LogP contribution in [0.25, 0.3) is 0 Å². The molecular formula is C6H15O3P. The lowest BCUT2D eigenvalue weighted by Gasteiger charge is -2.29. The van der Waals surface area contributed by atoms with Gasteiger partial charge in [-0.1, -0.05) is 13.8 Å². The minimum atomic E-state index is -3.92. The first-order chi connectivity index (χ1) is 4.19. The maximum Gasteiger partial charge on any atom is 0.331 e. The van der Waals surface area contributed by atoms with Crippen LogP contribution in [0.4, 0.5) is 0 Å². The van der Waals surface area contributed by atoms with Crippen LogP contribution in [0.1, 0.15) is 27.7 Å². The second-order valence-electron chi connectivity index (χ2n) is 3.35. The van der Waals surface area contributed by atoms with Gasteiger partial charge in [0.1, 0.15) is 0 Å². The lowest BCUT2D eigenvalue weighted by atomic mass is 10.00. The van der Waals surface area contributed by atoms with Crippen molar-refractivity contribution in [1.29, 1.82) is 0 Å². The van der Waals surface area contributed by atoms with Gasteiger partial charge in [-0.05, 0) is 19.8 Å². The average molecular weight is 166 g/mol. The third-order valence-corrected chi connectivity index (χ3v) is 4.18. The lowest BCUT2D eigenvalue weighted by Crippen LogP contribution is -2.26. The van der Waals surface area contributed by atoms with E-state index in [0.717, 1.165) is 0 Å². The molecule has 0 aromatic heterocycles. The van der Waals surface area contributed by atoms with Crippen molar-refractivity contribution in [3.63, 3.8) is 0 Å². The van der Waals surface area contributed by atoms with E-state index in [2.05, 4.69) is 0 Å². The molecule has 0 unspecified atom stereocenters. The summed E-state index contributed by atoms with van der Waals surface area (Å²) < 4.78 is 10.8. The number of hydrogen-bond donors (Lipinski definition) is 2. The Morgan fingerprint density at radius 3 is 1.60 bits per heavy atom. The van der Waals surface area contributed by atoms with Gasteiger partial charge in [-0.25, -0.2) is 0 Å². The maximum absolute atomic E-state index is 10.8. The molecule has 4 heteroatoms. The van der Waals surface area contributed by atoms with Gasteiger partial charge >= 0.3 is 7.60 Å². The minimum Gasteiger partial charge on any atom is -0.324 e. The Balaban J connectivity index is 4.58. The lowest BCUT2D eigenvalue weighted by molar-refractivity contribution is 0.307. The molecule has 0 fully saturated rings. The molecule has 2 N–H and O–H groups in total. The zero-order valence-electron chi connectivity index (χ0n) is 6.83. The van der Waals surface area contributed by atoms with Crippen molar-refractivity contribution < 1.29 is 14.4 Å². The molecule has 0 aliphatic heterocycles. The van der Waals surface area contributed by atoms with E-state index < -0.39 is 12.8 Å². The average Bonchev–Trinajstić information content (AvgIpc) is 1.62. The highest BCUT2D eigenvalue weighted by Crippen LogP contribution is 2.53. The summed E-state index contributed by atoms with van der Waals surface area (Å²) in [6.45, 7) is 6.77. The summed E-state index contributed by atoms with van der Waals surface area (Å²) in [5, 5.41) is -0.896. The van der Waals surface area contributed by atoms with E-state index in [1.54, 1.807) is 27.7 Å². The van der Waals surface area contributed by atoms with E-state index in [1.165, 1.54) is 0 Å². The largest absolute Gasteiger partial charge is 0.331 e. The first-order valence-electron chi connectivity index (χ1n) is 3.25. The van der Waals surface area contributed by atoms with Gasteiger partial charge in [0.05, 0.1) is 5.16 Å². The van der Waals surface area contributed by atoms with E-state index in [0.29, 0.717) is 0 Å².